The van der Waals surface area contributed by atoms with E-state index in [9.17, 15) is 14.9 Å². The number of carbonyl (C=O) groups excluding carboxylic acids is 1. The van der Waals surface area contributed by atoms with Crippen molar-refractivity contribution in [3.8, 4) is 0 Å². The van der Waals surface area contributed by atoms with Crippen LogP contribution < -0.4 is 11.1 Å². The van der Waals surface area contributed by atoms with Crippen molar-refractivity contribution in [1.29, 1.82) is 0 Å². The van der Waals surface area contributed by atoms with Gasteiger partial charge in [-0.15, -0.1) is 0 Å². The number of nitro groups is 1. The first-order chi connectivity index (χ1) is 9.52. The van der Waals surface area contributed by atoms with Crippen LogP contribution in [0.1, 0.15) is 29.6 Å². The second kappa shape index (κ2) is 5.87. The van der Waals surface area contributed by atoms with Crippen molar-refractivity contribution in [2.45, 2.75) is 31.4 Å². The highest BCUT2D eigenvalue weighted by Crippen LogP contribution is 2.24. The maximum atomic E-state index is 12.2. The number of nitrogen functional groups attached to an aromatic ring is 1. The molecule has 1 saturated carbocycles. The fourth-order valence-electron chi connectivity index (χ4n) is 2.47. The fourth-order valence-corrected chi connectivity index (χ4v) is 2.47. The van der Waals surface area contributed by atoms with Crippen molar-refractivity contribution in [1.82, 2.24) is 5.32 Å². The molecular formula is C13H17N3O4. The van der Waals surface area contributed by atoms with Crippen LogP contribution in [0.25, 0.3) is 0 Å². The van der Waals surface area contributed by atoms with Crippen molar-refractivity contribution < 1.29 is 14.5 Å². The van der Waals surface area contributed by atoms with Gasteiger partial charge in [0.1, 0.15) is 0 Å². The van der Waals surface area contributed by atoms with Crippen molar-refractivity contribution in [3.63, 3.8) is 0 Å². The number of non-ortho nitro benzene ring substituents is 1. The van der Waals surface area contributed by atoms with Gasteiger partial charge in [-0.1, -0.05) is 0 Å². The Labute approximate surface area is 116 Å². The fraction of sp³-hybridized carbons (Fsp3) is 0.462. The number of nitro benzene ring substituents is 1. The van der Waals surface area contributed by atoms with Gasteiger partial charge < -0.3 is 15.8 Å². The molecule has 3 N–H and O–H groups in total. The second-order valence-corrected chi connectivity index (χ2v) is 4.81. The lowest BCUT2D eigenvalue weighted by Gasteiger charge is -2.20. The zero-order valence-corrected chi connectivity index (χ0v) is 11.2. The van der Waals surface area contributed by atoms with E-state index >= 15 is 0 Å². The van der Waals surface area contributed by atoms with Crippen molar-refractivity contribution >= 4 is 17.3 Å². The highest BCUT2D eigenvalue weighted by atomic mass is 16.6. The van der Waals surface area contributed by atoms with Crippen molar-refractivity contribution in [2.24, 2.45) is 0 Å². The van der Waals surface area contributed by atoms with E-state index in [0.717, 1.165) is 19.3 Å². The Morgan fingerprint density at radius 3 is 2.90 bits per heavy atom. The average molecular weight is 279 g/mol. The normalized spacial score (nSPS) is 21.6. The average Bonchev–Trinajstić information content (AvgIpc) is 2.86. The molecule has 1 aliphatic carbocycles. The summed E-state index contributed by atoms with van der Waals surface area (Å²) < 4.78 is 5.30. The third-order valence-electron chi connectivity index (χ3n) is 3.56. The third kappa shape index (κ3) is 2.88. The number of carbonyl (C=O) groups is 1. The number of amides is 1. The Balaban J connectivity index is 2.16. The Kier molecular flexibility index (Phi) is 4.19. The van der Waals surface area contributed by atoms with Gasteiger partial charge in [-0.3, -0.25) is 14.9 Å². The number of methoxy groups -OCH3 is 1. The molecule has 0 aliphatic heterocycles. The van der Waals surface area contributed by atoms with Gasteiger partial charge in [0.25, 0.3) is 11.6 Å². The molecule has 0 radical (unpaired) electrons. The van der Waals surface area contributed by atoms with Crippen molar-refractivity contribution in [3.05, 3.63) is 33.9 Å². The number of rotatable bonds is 4. The summed E-state index contributed by atoms with van der Waals surface area (Å²) in [6.45, 7) is 0. The van der Waals surface area contributed by atoms with Gasteiger partial charge >= 0.3 is 0 Å². The quantitative estimate of drug-likeness (QED) is 0.493. The number of nitrogens with one attached hydrogen (secondary N) is 1. The summed E-state index contributed by atoms with van der Waals surface area (Å²) in [6, 6.07) is 3.77. The van der Waals surface area contributed by atoms with Crippen molar-refractivity contribution in [2.75, 3.05) is 12.8 Å². The summed E-state index contributed by atoms with van der Waals surface area (Å²) in [5.41, 5.74) is 5.91. The van der Waals surface area contributed by atoms with Gasteiger partial charge in [-0.2, -0.15) is 0 Å². The van der Waals surface area contributed by atoms with Crippen LogP contribution in [0.3, 0.4) is 0 Å². The van der Waals surface area contributed by atoms with Crippen LogP contribution in [0.15, 0.2) is 18.2 Å². The Morgan fingerprint density at radius 1 is 1.50 bits per heavy atom. The van der Waals surface area contributed by atoms with Gasteiger partial charge in [-0.25, -0.2) is 0 Å². The van der Waals surface area contributed by atoms with Crippen LogP contribution in [0.5, 0.6) is 0 Å². The Morgan fingerprint density at radius 2 is 2.25 bits per heavy atom. The number of hydrogen-bond acceptors (Lipinski definition) is 5. The maximum Gasteiger partial charge on any atom is 0.270 e. The first-order valence-electron chi connectivity index (χ1n) is 6.40. The van der Waals surface area contributed by atoms with E-state index in [1.165, 1.54) is 18.2 Å². The van der Waals surface area contributed by atoms with E-state index in [1.54, 1.807) is 7.11 Å². The molecule has 20 heavy (non-hydrogen) atoms. The van der Waals surface area contributed by atoms with Gasteiger partial charge in [0.2, 0.25) is 0 Å². The second-order valence-electron chi connectivity index (χ2n) is 4.81. The molecular weight excluding hydrogens is 262 g/mol. The van der Waals surface area contributed by atoms with Gasteiger partial charge in [0, 0.05) is 24.9 Å². The predicted molar refractivity (Wildman–Crippen MR) is 73.4 cm³/mol. The molecule has 2 atom stereocenters. The van der Waals surface area contributed by atoms with Crippen LogP contribution in [0, 0.1) is 10.1 Å². The molecule has 7 nitrogen and oxygen atoms in total. The zero-order valence-electron chi connectivity index (χ0n) is 11.2. The van der Waals surface area contributed by atoms with E-state index in [0.29, 0.717) is 0 Å². The maximum absolute atomic E-state index is 12.2. The number of ether oxygens (including phenoxy) is 1. The lowest BCUT2D eigenvalue weighted by molar-refractivity contribution is -0.384. The number of benzene rings is 1. The first kappa shape index (κ1) is 14.3. The molecule has 1 aromatic rings. The molecule has 0 spiro atoms. The summed E-state index contributed by atoms with van der Waals surface area (Å²) in [4.78, 5) is 22.4. The molecule has 0 saturated heterocycles. The number of anilines is 1. The SMILES string of the molecule is COC1CCCC1NC(=O)c1cc([N+](=O)[O-])ccc1N. The highest BCUT2D eigenvalue weighted by molar-refractivity contribution is 6.00. The smallest absolute Gasteiger partial charge is 0.270 e. The van der Waals surface area contributed by atoms with Gasteiger partial charge in [0.05, 0.1) is 22.6 Å². The number of nitrogens with zero attached hydrogens (tertiary/aromatic N) is 1. The van der Waals surface area contributed by atoms with Gasteiger partial charge in [-0.05, 0) is 25.3 Å². The molecule has 0 bridgehead atoms. The predicted octanol–water partition coefficient (Wildman–Crippen LogP) is 1.47. The first-order valence-corrected chi connectivity index (χ1v) is 6.40. The lowest BCUT2D eigenvalue weighted by atomic mass is 10.1. The highest BCUT2D eigenvalue weighted by Gasteiger charge is 2.29. The van der Waals surface area contributed by atoms with Crippen LogP contribution in [-0.2, 0) is 4.74 Å². The molecule has 0 heterocycles. The van der Waals surface area contributed by atoms with Crippen LogP contribution in [-0.4, -0.2) is 30.1 Å². The van der Waals surface area contributed by atoms with Crippen LogP contribution >= 0.6 is 0 Å². The van der Waals surface area contributed by atoms with Crippen LogP contribution in [0.2, 0.25) is 0 Å². The molecule has 1 aliphatic rings. The van der Waals surface area contributed by atoms with E-state index in [1.807, 2.05) is 0 Å². The molecule has 1 amide bonds. The minimum Gasteiger partial charge on any atom is -0.398 e. The molecule has 2 unspecified atom stereocenters. The minimum atomic E-state index is -0.552. The van der Waals surface area contributed by atoms with E-state index in [2.05, 4.69) is 5.32 Å². The standard InChI is InChI=1S/C13H17N3O4/c1-20-12-4-2-3-11(12)15-13(17)9-7-8(16(18)19)5-6-10(9)14/h5-7,11-12H,2-4,14H2,1H3,(H,15,17). The zero-order chi connectivity index (χ0) is 14.7. The summed E-state index contributed by atoms with van der Waals surface area (Å²) in [6.07, 6.45) is 2.69. The molecule has 1 fully saturated rings. The summed E-state index contributed by atoms with van der Waals surface area (Å²) >= 11 is 0. The molecule has 2 rings (SSSR count). The summed E-state index contributed by atoms with van der Waals surface area (Å²) in [7, 11) is 1.61. The van der Waals surface area contributed by atoms with E-state index in [-0.39, 0.29) is 29.1 Å². The minimum absolute atomic E-state index is 0.0149. The molecule has 0 aromatic heterocycles. The van der Waals surface area contributed by atoms with Crippen LogP contribution in [0.4, 0.5) is 11.4 Å². The Hall–Kier alpha value is -2.15. The lowest BCUT2D eigenvalue weighted by Crippen LogP contribution is -2.40. The summed E-state index contributed by atoms with van der Waals surface area (Å²) in [5, 5.41) is 13.6. The monoisotopic (exact) mass is 279 g/mol. The number of hydrogen-bond donors (Lipinski definition) is 2. The largest absolute Gasteiger partial charge is 0.398 e. The summed E-state index contributed by atoms with van der Waals surface area (Å²) in [5.74, 6) is -0.403. The molecule has 108 valence electrons. The topological polar surface area (TPSA) is 107 Å². The Bertz CT molecular complexity index is 532. The molecule has 7 heteroatoms. The van der Waals surface area contributed by atoms with E-state index < -0.39 is 10.8 Å². The van der Waals surface area contributed by atoms with Gasteiger partial charge in [0.15, 0.2) is 0 Å². The molecule has 1 aromatic carbocycles. The number of nitrogens with two attached hydrogens (primary N) is 1. The third-order valence-corrected chi connectivity index (χ3v) is 3.56. The van der Waals surface area contributed by atoms with E-state index in [4.69, 9.17) is 10.5 Å².